The van der Waals surface area contributed by atoms with Gasteiger partial charge in [-0.05, 0) is 24.6 Å². The number of hydrogen-bond donors (Lipinski definition) is 2. The fraction of sp³-hybridized carbons (Fsp3) is 0.200. The van der Waals surface area contributed by atoms with Crippen LogP contribution in [-0.4, -0.2) is 20.7 Å². The average Bonchev–Trinajstić information content (AvgIpc) is 3.04. The molecule has 21 heavy (non-hydrogen) atoms. The summed E-state index contributed by atoms with van der Waals surface area (Å²) in [5, 5.41) is 5.22. The van der Waals surface area contributed by atoms with Crippen molar-refractivity contribution in [3.63, 3.8) is 0 Å². The molecule has 0 saturated heterocycles. The molecule has 0 bridgehead atoms. The Morgan fingerprint density at radius 2 is 2.29 bits per heavy atom. The van der Waals surface area contributed by atoms with E-state index in [4.69, 9.17) is 5.73 Å². The van der Waals surface area contributed by atoms with E-state index in [9.17, 15) is 9.18 Å². The SMILES string of the molecule is NC(=O)CCCn1cc(-c2c[nH]c3cc(F)ccc23)cn1. The van der Waals surface area contributed by atoms with Crippen molar-refractivity contribution in [1.29, 1.82) is 0 Å². The maximum Gasteiger partial charge on any atom is 0.217 e. The molecule has 2 aromatic heterocycles. The van der Waals surface area contributed by atoms with Gasteiger partial charge < -0.3 is 10.7 Å². The number of benzene rings is 1. The van der Waals surface area contributed by atoms with Crippen molar-refractivity contribution in [2.45, 2.75) is 19.4 Å². The van der Waals surface area contributed by atoms with E-state index in [0.29, 0.717) is 19.4 Å². The number of primary amides is 1. The summed E-state index contributed by atoms with van der Waals surface area (Å²) in [4.78, 5) is 13.8. The molecule has 3 rings (SSSR count). The number of aryl methyl sites for hydroxylation is 1. The minimum atomic E-state index is -0.305. The number of aromatic nitrogens is 3. The Hall–Kier alpha value is -2.63. The molecule has 108 valence electrons. The quantitative estimate of drug-likeness (QED) is 0.755. The Bertz CT molecular complexity index is 790. The minimum absolute atomic E-state index is 0.266. The summed E-state index contributed by atoms with van der Waals surface area (Å²) in [6.07, 6.45) is 6.52. The van der Waals surface area contributed by atoms with Gasteiger partial charge >= 0.3 is 0 Å². The van der Waals surface area contributed by atoms with Gasteiger partial charge in [-0.15, -0.1) is 0 Å². The van der Waals surface area contributed by atoms with E-state index in [0.717, 1.165) is 22.0 Å². The Kier molecular flexibility index (Phi) is 3.43. The molecule has 0 unspecified atom stereocenters. The number of amides is 1. The molecule has 0 radical (unpaired) electrons. The lowest BCUT2D eigenvalue weighted by atomic mass is 10.1. The van der Waals surface area contributed by atoms with Crippen LogP contribution in [0.2, 0.25) is 0 Å². The fourth-order valence-electron chi connectivity index (χ4n) is 2.38. The summed E-state index contributed by atoms with van der Waals surface area (Å²) >= 11 is 0. The molecular weight excluding hydrogens is 271 g/mol. The number of carbonyl (C=O) groups excluding carboxylic acids is 1. The van der Waals surface area contributed by atoms with Gasteiger partial charge in [0.15, 0.2) is 0 Å². The molecule has 1 amide bonds. The van der Waals surface area contributed by atoms with Crippen LogP contribution in [-0.2, 0) is 11.3 Å². The lowest BCUT2D eigenvalue weighted by molar-refractivity contribution is -0.118. The second-order valence-corrected chi connectivity index (χ2v) is 4.95. The molecule has 0 atom stereocenters. The van der Waals surface area contributed by atoms with Gasteiger partial charge in [-0.1, -0.05) is 0 Å². The van der Waals surface area contributed by atoms with Crippen LogP contribution in [0.1, 0.15) is 12.8 Å². The predicted molar refractivity (Wildman–Crippen MR) is 77.9 cm³/mol. The van der Waals surface area contributed by atoms with E-state index < -0.39 is 0 Å². The van der Waals surface area contributed by atoms with Crippen LogP contribution < -0.4 is 5.73 Å². The van der Waals surface area contributed by atoms with E-state index in [1.54, 1.807) is 16.9 Å². The number of rotatable bonds is 5. The second-order valence-electron chi connectivity index (χ2n) is 4.95. The number of fused-ring (bicyclic) bond motifs is 1. The van der Waals surface area contributed by atoms with Crippen LogP contribution in [0.15, 0.2) is 36.8 Å². The Labute approximate surface area is 120 Å². The number of halogens is 1. The maximum absolute atomic E-state index is 13.2. The lowest BCUT2D eigenvalue weighted by Gasteiger charge is -1.99. The highest BCUT2D eigenvalue weighted by Gasteiger charge is 2.09. The molecule has 0 aliphatic carbocycles. The zero-order chi connectivity index (χ0) is 14.8. The first-order valence-electron chi connectivity index (χ1n) is 6.71. The van der Waals surface area contributed by atoms with Crippen molar-refractivity contribution in [2.75, 3.05) is 0 Å². The molecule has 6 heteroatoms. The normalized spacial score (nSPS) is 11.1. The highest BCUT2D eigenvalue weighted by atomic mass is 19.1. The summed E-state index contributed by atoms with van der Waals surface area (Å²) in [5.74, 6) is -0.570. The standard InChI is InChI=1S/C15H15FN4O/c16-11-3-4-12-13(8-18-14(12)6-11)10-7-19-20(9-10)5-1-2-15(17)21/h3-4,6-9,18H,1-2,5H2,(H2,17,21). The van der Waals surface area contributed by atoms with E-state index in [-0.39, 0.29) is 11.7 Å². The highest BCUT2D eigenvalue weighted by molar-refractivity contribution is 5.95. The molecule has 0 fully saturated rings. The van der Waals surface area contributed by atoms with Gasteiger partial charge in [-0.25, -0.2) is 4.39 Å². The van der Waals surface area contributed by atoms with Crippen molar-refractivity contribution < 1.29 is 9.18 Å². The smallest absolute Gasteiger partial charge is 0.217 e. The third-order valence-corrected chi connectivity index (χ3v) is 3.40. The van der Waals surface area contributed by atoms with Crippen molar-refractivity contribution in [3.05, 3.63) is 42.6 Å². The van der Waals surface area contributed by atoms with E-state index in [1.807, 2.05) is 12.4 Å². The summed E-state index contributed by atoms with van der Waals surface area (Å²) in [6, 6.07) is 4.66. The van der Waals surface area contributed by atoms with Crippen molar-refractivity contribution in [2.24, 2.45) is 5.73 Å². The number of nitrogens with one attached hydrogen (secondary N) is 1. The van der Waals surface area contributed by atoms with Gasteiger partial charge in [-0.2, -0.15) is 5.10 Å². The molecule has 3 aromatic rings. The second kappa shape index (κ2) is 5.40. The van der Waals surface area contributed by atoms with Gasteiger partial charge in [0.1, 0.15) is 5.82 Å². The molecular formula is C15H15FN4O. The summed E-state index contributed by atoms with van der Waals surface area (Å²) in [6.45, 7) is 0.639. The van der Waals surface area contributed by atoms with Gasteiger partial charge in [0.05, 0.1) is 6.20 Å². The largest absolute Gasteiger partial charge is 0.370 e. The lowest BCUT2D eigenvalue weighted by Crippen LogP contribution is -2.11. The molecule has 1 aromatic carbocycles. The van der Waals surface area contributed by atoms with Crippen LogP contribution in [0.25, 0.3) is 22.0 Å². The third-order valence-electron chi connectivity index (χ3n) is 3.40. The fourth-order valence-corrected chi connectivity index (χ4v) is 2.38. The topological polar surface area (TPSA) is 76.7 Å². The number of aromatic amines is 1. The monoisotopic (exact) mass is 286 g/mol. The van der Waals surface area contributed by atoms with E-state index in [1.165, 1.54) is 12.1 Å². The zero-order valence-electron chi connectivity index (χ0n) is 11.3. The zero-order valence-corrected chi connectivity index (χ0v) is 11.3. The van der Waals surface area contributed by atoms with Crippen LogP contribution in [0.4, 0.5) is 4.39 Å². The number of hydrogen-bond acceptors (Lipinski definition) is 2. The Balaban J connectivity index is 1.83. The number of carbonyl (C=O) groups is 1. The van der Waals surface area contributed by atoms with E-state index in [2.05, 4.69) is 10.1 Å². The van der Waals surface area contributed by atoms with Crippen LogP contribution in [0, 0.1) is 5.82 Å². The summed E-state index contributed by atoms with van der Waals surface area (Å²) < 4.78 is 15.0. The first-order chi connectivity index (χ1) is 10.1. The summed E-state index contributed by atoms with van der Waals surface area (Å²) in [5.41, 5.74) is 7.79. The first kappa shape index (κ1) is 13.4. The number of H-pyrrole nitrogens is 1. The van der Waals surface area contributed by atoms with Gasteiger partial charge in [0.2, 0.25) is 5.91 Å². The van der Waals surface area contributed by atoms with Crippen LogP contribution >= 0.6 is 0 Å². The van der Waals surface area contributed by atoms with Crippen LogP contribution in [0.5, 0.6) is 0 Å². The van der Waals surface area contributed by atoms with Gasteiger partial charge in [-0.3, -0.25) is 9.48 Å². The third kappa shape index (κ3) is 2.79. The molecule has 5 nitrogen and oxygen atoms in total. The molecule has 3 N–H and O–H groups in total. The predicted octanol–water partition coefficient (Wildman–Crippen LogP) is 2.44. The maximum atomic E-state index is 13.2. The molecule has 0 aliphatic rings. The Morgan fingerprint density at radius 3 is 3.10 bits per heavy atom. The first-order valence-corrected chi connectivity index (χ1v) is 6.71. The number of nitrogens with zero attached hydrogens (tertiary/aromatic N) is 2. The van der Waals surface area contributed by atoms with Crippen molar-refractivity contribution in [3.8, 4) is 11.1 Å². The summed E-state index contributed by atoms with van der Waals surface area (Å²) in [7, 11) is 0. The molecule has 0 aliphatic heterocycles. The van der Waals surface area contributed by atoms with Crippen molar-refractivity contribution >= 4 is 16.8 Å². The van der Waals surface area contributed by atoms with Gasteiger partial charge in [0.25, 0.3) is 0 Å². The van der Waals surface area contributed by atoms with Gasteiger partial charge in [0, 0.05) is 47.4 Å². The Morgan fingerprint density at radius 1 is 1.43 bits per heavy atom. The van der Waals surface area contributed by atoms with Crippen molar-refractivity contribution in [1.82, 2.24) is 14.8 Å². The number of nitrogens with two attached hydrogens (primary N) is 1. The molecule has 0 saturated carbocycles. The van der Waals surface area contributed by atoms with Crippen LogP contribution in [0.3, 0.4) is 0 Å². The highest BCUT2D eigenvalue weighted by Crippen LogP contribution is 2.28. The average molecular weight is 286 g/mol. The molecule has 2 heterocycles. The minimum Gasteiger partial charge on any atom is -0.370 e. The molecule has 0 spiro atoms. The van der Waals surface area contributed by atoms with E-state index >= 15 is 0 Å².